The van der Waals surface area contributed by atoms with E-state index in [0.717, 1.165) is 24.6 Å². The standard InChI is InChI=1S/C20H33N3O.2ClH/c1-14(2)18(23-11-9-16(4)10-12-23)13-22-20(24)19(21)17-7-5-15(3)6-8-17;;/h5-8,14,16,18-19H,9-13,21H2,1-4H3,(H,22,24);2*1H. The maximum atomic E-state index is 12.4. The molecular weight excluding hydrogens is 369 g/mol. The minimum absolute atomic E-state index is 0. The number of piperidine rings is 1. The first kappa shape index (κ1) is 25.2. The summed E-state index contributed by atoms with van der Waals surface area (Å²) in [5, 5.41) is 3.08. The summed E-state index contributed by atoms with van der Waals surface area (Å²) in [5.41, 5.74) is 8.16. The Bertz CT molecular complexity index is 528. The number of hydrogen-bond acceptors (Lipinski definition) is 3. The molecule has 0 aromatic heterocycles. The van der Waals surface area contributed by atoms with Crippen molar-refractivity contribution < 1.29 is 4.79 Å². The van der Waals surface area contributed by atoms with E-state index in [9.17, 15) is 4.79 Å². The van der Waals surface area contributed by atoms with Crippen molar-refractivity contribution in [3.05, 3.63) is 35.4 Å². The molecule has 6 heteroatoms. The van der Waals surface area contributed by atoms with Crippen molar-refractivity contribution in [2.75, 3.05) is 19.6 Å². The first-order valence-electron chi connectivity index (χ1n) is 9.22. The van der Waals surface area contributed by atoms with Gasteiger partial charge in [-0.25, -0.2) is 0 Å². The lowest BCUT2D eigenvalue weighted by atomic mass is 9.94. The number of nitrogens with one attached hydrogen (secondary N) is 1. The van der Waals surface area contributed by atoms with E-state index in [-0.39, 0.29) is 30.7 Å². The van der Waals surface area contributed by atoms with Crippen LogP contribution in [0.25, 0.3) is 0 Å². The van der Waals surface area contributed by atoms with Crippen LogP contribution in [0, 0.1) is 18.8 Å². The fourth-order valence-electron chi connectivity index (χ4n) is 3.39. The number of nitrogens with two attached hydrogens (primary N) is 1. The fourth-order valence-corrected chi connectivity index (χ4v) is 3.39. The number of carbonyl (C=O) groups excluding carboxylic acids is 1. The van der Waals surface area contributed by atoms with Gasteiger partial charge in [0.15, 0.2) is 0 Å². The predicted molar refractivity (Wildman–Crippen MR) is 114 cm³/mol. The number of rotatable bonds is 6. The monoisotopic (exact) mass is 403 g/mol. The van der Waals surface area contributed by atoms with Crippen molar-refractivity contribution in [2.24, 2.45) is 17.6 Å². The van der Waals surface area contributed by atoms with Crippen LogP contribution in [0.4, 0.5) is 0 Å². The number of hydrogen-bond donors (Lipinski definition) is 2. The minimum Gasteiger partial charge on any atom is -0.353 e. The second-order valence-corrected chi connectivity index (χ2v) is 7.66. The van der Waals surface area contributed by atoms with Crippen molar-refractivity contribution in [1.29, 1.82) is 0 Å². The van der Waals surface area contributed by atoms with E-state index in [1.807, 2.05) is 31.2 Å². The SMILES string of the molecule is Cc1ccc(C(N)C(=O)NCC(C(C)C)N2CCC(C)CC2)cc1.Cl.Cl. The van der Waals surface area contributed by atoms with Gasteiger partial charge in [0.05, 0.1) is 0 Å². The molecule has 0 spiro atoms. The summed E-state index contributed by atoms with van der Waals surface area (Å²) in [4.78, 5) is 15.0. The summed E-state index contributed by atoms with van der Waals surface area (Å²) < 4.78 is 0. The normalized spacial score (nSPS) is 17.8. The van der Waals surface area contributed by atoms with Crippen molar-refractivity contribution in [2.45, 2.75) is 52.6 Å². The summed E-state index contributed by atoms with van der Waals surface area (Å²) in [7, 11) is 0. The Hall–Kier alpha value is -0.810. The molecule has 0 radical (unpaired) electrons. The Labute approximate surface area is 171 Å². The molecule has 1 amide bonds. The molecule has 1 aliphatic heterocycles. The van der Waals surface area contributed by atoms with Crippen molar-refractivity contribution >= 4 is 30.7 Å². The highest BCUT2D eigenvalue weighted by Gasteiger charge is 2.26. The van der Waals surface area contributed by atoms with E-state index in [4.69, 9.17) is 5.73 Å². The van der Waals surface area contributed by atoms with Crippen LogP contribution in [0.1, 0.15) is 50.8 Å². The smallest absolute Gasteiger partial charge is 0.241 e. The van der Waals surface area contributed by atoms with Crippen LogP contribution < -0.4 is 11.1 Å². The number of benzene rings is 1. The van der Waals surface area contributed by atoms with E-state index in [2.05, 4.69) is 31.0 Å². The van der Waals surface area contributed by atoms with Gasteiger partial charge in [0.25, 0.3) is 0 Å². The highest BCUT2D eigenvalue weighted by Crippen LogP contribution is 2.21. The van der Waals surface area contributed by atoms with Crippen LogP contribution in [-0.2, 0) is 4.79 Å². The molecule has 2 unspecified atom stereocenters. The molecule has 3 N–H and O–H groups in total. The molecule has 0 bridgehead atoms. The van der Waals surface area contributed by atoms with Crippen LogP contribution in [0.2, 0.25) is 0 Å². The Kier molecular flexibility index (Phi) is 11.4. The van der Waals surface area contributed by atoms with E-state index in [1.54, 1.807) is 0 Å². The zero-order valence-electron chi connectivity index (χ0n) is 16.4. The van der Waals surface area contributed by atoms with Crippen LogP contribution >= 0.6 is 24.8 Å². The van der Waals surface area contributed by atoms with Crippen LogP contribution in [0.15, 0.2) is 24.3 Å². The lowest BCUT2D eigenvalue weighted by molar-refractivity contribution is -0.122. The lowest BCUT2D eigenvalue weighted by Gasteiger charge is -2.39. The molecule has 150 valence electrons. The summed E-state index contributed by atoms with van der Waals surface area (Å²) in [6, 6.07) is 7.64. The number of nitrogens with zero attached hydrogens (tertiary/aromatic N) is 1. The number of halogens is 2. The second-order valence-electron chi connectivity index (χ2n) is 7.66. The number of likely N-dealkylation sites (tertiary alicyclic amines) is 1. The molecule has 1 aromatic rings. The highest BCUT2D eigenvalue weighted by atomic mass is 35.5. The zero-order chi connectivity index (χ0) is 17.7. The maximum absolute atomic E-state index is 12.4. The number of carbonyl (C=O) groups is 1. The average Bonchev–Trinajstić information content (AvgIpc) is 2.56. The van der Waals surface area contributed by atoms with Gasteiger partial charge < -0.3 is 11.1 Å². The van der Waals surface area contributed by atoms with Gasteiger partial charge in [-0.3, -0.25) is 9.69 Å². The molecular formula is C20H35Cl2N3O. The van der Waals surface area contributed by atoms with Crippen molar-refractivity contribution in [1.82, 2.24) is 10.2 Å². The predicted octanol–water partition coefficient (Wildman–Crippen LogP) is 3.71. The molecule has 1 aliphatic rings. The van der Waals surface area contributed by atoms with E-state index >= 15 is 0 Å². The summed E-state index contributed by atoms with van der Waals surface area (Å²) in [6.45, 7) is 11.7. The maximum Gasteiger partial charge on any atom is 0.241 e. The van der Waals surface area contributed by atoms with E-state index < -0.39 is 6.04 Å². The van der Waals surface area contributed by atoms with Crippen molar-refractivity contribution in [3.63, 3.8) is 0 Å². The molecule has 0 saturated carbocycles. The van der Waals surface area contributed by atoms with E-state index in [1.165, 1.54) is 18.4 Å². The highest BCUT2D eigenvalue weighted by molar-refractivity contribution is 5.85. The number of amides is 1. The molecule has 1 fully saturated rings. The third kappa shape index (κ3) is 7.07. The minimum atomic E-state index is -0.597. The van der Waals surface area contributed by atoms with Gasteiger partial charge in [0.1, 0.15) is 6.04 Å². The summed E-state index contributed by atoms with van der Waals surface area (Å²) >= 11 is 0. The Balaban J connectivity index is 0.00000312. The third-order valence-electron chi connectivity index (χ3n) is 5.26. The van der Waals surface area contributed by atoms with Crippen LogP contribution in [-0.4, -0.2) is 36.5 Å². The van der Waals surface area contributed by atoms with Gasteiger partial charge in [-0.15, -0.1) is 24.8 Å². The first-order valence-corrected chi connectivity index (χ1v) is 9.22. The Morgan fingerprint density at radius 3 is 2.23 bits per heavy atom. The summed E-state index contributed by atoms with van der Waals surface area (Å²) in [5.74, 6) is 1.24. The van der Waals surface area contributed by atoms with Crippen LogP contribution in [0.3, 0.4) is 0 Å². The quantitative estimate of drug-likeness (QED) is 0.760. The number of aryl methyl sites for hydroxylation is 1. The molecule has 1 heterocycles. The fraction of sp³-hybridized carbons (Fsp3) is 0.650. The Morgan fingerprint density at radius 2 is 1.73 bits per heavy atom. The Morgan fingerprint density at radius 1 is 1.19 bits per heavy atom. The van der Waals surface area contributed by atoms with Crippen LogP contribution in [0.5, 0.6) is 0 Å². The molecule has 4 nitrogen and oxygen atoms in total. The average molecular weight is 404 g/mol. The lowest BCUT2D eigenvalue weighted by Crippen LogP contribution is -2.50. The van der Waals surface area contributed by atoms with Crippen molar-refractivity contribution in [3.8, 4) is 0 Å². The van der Waals surface area contributed by atoms with Gasteiger partial charge in [-0.05, 0) is 50.3 Å². The third-order valence-corrected chi connectivity index (χ3v) is 5.26. The summed E-state index contributed by atoms with van der Waals surface area (Å²) in [6.07, 6.45) is 2.50. The molecule has 1 saturated heterocycles. The van der Waals surface area contributed by atoms with Gasteiger partial charge in [0.2, 0.25) is 5.91 Å². The van der Waals surface area contributed by atoms with Gasteiger partial charge in [-0.2, -0.15) is 0 Å². The van der Waals surface area contributed by atoms with Gasteiger partial charge >= 0.3 is 0 Å². The molecule has 26 heavy (non-hydrogen) atoms. The second kappa shape index (κ2) is 11.8. The van der Waals surface area contributed by atoms with E-state index in [0.29, 0.717) is 18.5 Å². The molecule has 0 aliphatic carbocycles. The first-order chi connectivity index (χ1) is 11.4. The zero-order valence-corrected chi connectivity index (χ0v) is 18.0. The molecule has 1 aromatic carbocycles. The van der Waals surface area contributed by atoms with Gasteiger partial charge in [-0.1, -0.05) is 50.6 Å². The van der Waals surface area contributed by atoms with Gasteiger partial charge in [0, 0.05) is 12.6 Å². The largest absolute Gasteiger partial charge is 0.353 e. The molecule has 2 rings (SSSR count). The molecule has 2 atom stereocenters. The topological polar surface area (TPSA) is 58.4 Å².